The van der Waals surface area contributed by atoms with Crippen molar-refractivity contribution in [1.29, 1.82) is 5.26 Å². The van der Waals surface area contributed by atoms with Crippen molar-refractivity contribution in [3.63, 3.8) is 0 Å². The lowest BCUT2D eigenvalue weighted by Crippen LogP contribution is -2.18. The average Bonchev–Trinajstić information content (AvgIpc) is 3.33. The molecule has 1 N–H and O–H groups in total. The van der Waals surface area contributed by atoms with Crippen molar-refractivity contribution in [2.45, 2.75) is 18.9 Å². The van der Waals surface area contributed by atoms with E-state index in [1.807, 2.05) is 42.5 Å². The summed E-state index contributed by atoms with van der Waals surface area (Å²) in [4.78, 5) is 18.7. The Hall–Kier alpha value is -3.33. The summed E-state index contributed by atoms with van der Waals surface area (Å²) in [5.74, 6) is 0.283. The standard InChI is InChI=1S/C20H18N4O2/c1-22-19(25)15-10-14(13-6-3-2-4-7-13)11-17-18(15)23-20(26-17)16-8-5-9-24(16)12-21/h2-4,6-7,10-11,16H,5,8-9H2,1H3,(H,22,25). The third-order valence-electron chi connectivity index (χ3n) is 4.76. The Morgan fingerprint density at radius 3 is 2.85 bits per heavy atom. The number of benzene rings is 2. The summed E-state index contributed by atoms with van der Waals surface area (Å²) in [6.45, 7) is 0.706. The van der Waals surface area contributed by atoms with Gasteiger partial charge in [-0.3, -0.25) is 9.69 Å². The van der Waals surface area contributed by atoms with Crippen molar-refractivity contribution in [1.82, 2.24) is 15.2 Å². The van der Waals surface area contributed by atoms with E-state index in [0.29, 0.717) is 29.1 Å². The number of amides is 1. The van der Waals surface area contributed by atoms with Crippen LogP contribution >= 0.6 is 0 Å². The first-order chi connectivity index (χ1) is 12.7. The van der Waals surface area contributed by atoms with E-state index >= 15 is 0 Å². The van der Waals surface area contributed by atoms with Crippen molar-refractivity contribution in [2.75, 3.05) is 13.6 Å². The van der Waals surface area contributed by atoms with Crippen LogP contribution in [0.15, 0.2) is 46.9 Å². The first kappa shape index (κ1) is 16.2. The number of hydrogen-bond acceptors (Lipinski definition) is 5. The Morgan fingerprint density at radius 2 is 2.12 bits per heavy atom. The highest BCUT2D eigenvalue weighted by Crippen LogP contribution is 2.35. The van der Waals surface area contributed by atoms with Gasteiger partial charge in [0.1, 0.15) is 11.6 Å². The Labute approximate surface area is 151 Å². The van der Waals surface area contributed by atoms with Crippen molar-refractivity contribution >= 4 is 17.0 Å². The maximum Gasteiger partial charge on any atom is 0.253 e. The molecule has 0 saturated carbocycles. The summed E-state index contributed by atoms with van der Waals surface area (Å²) in [6, 6.07) is 13.4. The molecule has 1 aliphatic rings. The lowest BCUT2D eigenvalue weighted by molar-refractivity contribution is 0.0964. The van der Waals surface area contributed by atoms with Gasteiger partial charge in [-0.25, -0.2) is 4.98 Å². The second-order valence-corrected chi connectivity index (χ2v) is 6.32. The number of aromatic nitrogens is 1. The summed E-state index contributed by atoms with van der Waals surface area (Å²) < 4.78 is 6.00. The Bertz CT molecular complexity index is 1000. The minimum Gasteiger partial charge on any atom is -0.438 e. The van der Waals surface area contributed by atoms with E-state index < -0.39 is 0 Å². The molecular formula is C20H18N4O2. The molecule has 130 valence electrons. The van der Waals surface area contributed by atoms with E-state index in [2.05, 4.69) is 16.5 Å². The molecule has 26 heavy (non-hydrogen) atoms. The summed E-state index contributed by atoms with van der Waals surface area (Å²) in [5.41, 5.74) is 3.45. The van der Waals surface area contributed by atoms with Gasteiger partial charge >= 0.3 is 0 Å². The predicted octanol–water partition coefficient (Wildman–Crippen LogP) is 3.47. The highest BCUT2D eigenvalue weighted by atomic mass is 16.3. The van der Waals surface area contributed by atoms with Crippen LogP contribution in [0.5, 0.6) is 0 Å². The third kappa shape index (κ3) is 2.68. The van der Waals surface area contributed by atoms with Gasteiger partial charge in [-0.1, -0.05) is 30.3 Å². The van der Waals surface area contributed by atoms with Gasteiger partial charge < -0.3 is 9.73 Å². The smallest absolute Gasteiger partial charge is 0.253 e. The van der Waals surface area contributed by atoms with E-state index in [1.54, 1.807) is 11.9 Å². The van der Waals surface area contributed by atoms with Crippen LogP contribution in [-0.2, 0) is 0 Å². The zero-order chi connectivity index (χ0) is 18.1. The Balaban J connectivity index is 1.88. The molecule has 1 aliphatic heterocycles. The van der Waals surface area contributed by atoms with Crippen LogP contribution in [-0.4, -0.2) is 29.4 Å². The van der Waals surface area contributed by atoms with Gasteiger partial charge in [0, 0.05) is 13.6 Å². The number of likely N-dealkylation sites (tertiary alicyclic amines) is 1. The zero-order valence-corrected chi connectivity index (χ0v) is 14.4. The molecule has 6 heteroatoms. The van der Waals surface area contributed by atoms with Crippen LogP contribution < -0.4 is 5.32 Å². The van der Waals surface area contributed by atoms with E-state index in [-0.39, 0.29) is 11.9 Å². The van der Waals surface area contributed by atoms with Gasteiger partial charge in [-0.05, 0) is 36.1 Å². The molecule has 0 spiro atoms. The SMILES string of the molecule is CNC(=O)c1cc(-c2ccccc2)cc2oc(C3CCCN3C#N)nc12. The number of carbonyl (C=O) groups excluding carboxylic acids is 1. The molecule has 6 nitrogen and oxygen atoms in total. The summed E-state index contributed by atoms with van der Waals surface area (Å²) in [5, 5.41) is 12.0. The number of hydrogen-bond donors (Lipinski definition) is 1. The minimum absolute atomic E-state index is 0.162. The fourth-order valence-corrected chi connectivity index (χ4v) is 3.44. The molecule has 1 unspecified atom stereocenters. The lowest BCUT2D eigenvalue weighted by atomic mass is 10.0. The van der Waals surface area contributed by atoms with E-state index in [4.69, 9.17) is 4.42 Å². The molecule has 3 aromatic rings. The normalized spacial score (nSPS) is 16.6. The molecule has 0 bridgehead atoms. The van der Waals surface area contributed by atoms with Crippen LogP contribution in [0.25, 0.3) is 22.2 Å². The number of nitrogens with zero attached hydrogens (tertiary/aromatic N) is 3. The van der Waals surface area contributed by atoms with Gasteiger partial charge in [0.25, 0.3) is 5.91 Å². The number of oxazole rings is 1. The molecule has 1 saturated heterocycles. The van der Waals surface area contributed by atoms with Crippen molar-refractivity contribution in [3.8, 4) is 17.3 Å². The maximum atomic E-state index is 12.4. The zero-order valence-electron chi connectivity index (χ0n) is 14.4. The Kier molecular flexibility index (Phi) is 4.05. The molecule has 0 aliphatic carbocycles. The fourth-order valence-electron chi connectivity index (χ4n) is 3.44. The fraction of sp³-hybridized carbons (Fsp3) is 0.250. The summed E-state index contributed by atoms with van der Waals surface area (Å²) in [7, 11) is 1.60. The van der Waals surface area contributed by atoms with Gasteiger partial charge in [0.05, 0.1) is 5.56 Å². The van der Waals surface area contributed by atoms with Gasteiger partial charge in [-0.15, -0.1) is 0 Å². The van der Waals surface area contributed by atoms with Crippen LogP contribution in [0.1, 0.15) is 35.1 Å². The van der Waals surface area contributed by atoms with Crippen LogP contribution in [0, 0.1) is 11.5 Å². The minimum atomic E-state index is -0.212. The third-order valence-corrected chi connectivity index (χ3v) is 4.76. The van der Waals surface area contributed by atoms with E-state index in [1.165, 1.54) is 0 Å². The van der Waals surface area contributed by atoms with Gasteiger partial charge in [0.15, 0.2) is 11.8 Å². The highest BCUT2D eigenvalue weighted by Gasteiger charge is 2.30. The van der Waals surface area contributed by atoms with Crippen molar-refractivity contribution in [2.24, 2.45) is 0 Å². The van der Waals surface area contributed by atoms with Crippen LogP contribution in [0.4, 0.5) is 0 Å². The summed E-state index contributed by atoms with van der Waals surface area (Å²) >= 11 is 0. The molecule has 1 fully saturated rings. The topological polar surface area (TPSA) is 82.2 Å². The maximum absolute atomic E-state index is 12.4. The summed E-state index contributed by atoms with van der Waals surface area (Å²) in [6.07, 6.45) is 3.94. The molecule has 1 aromatic heterocycles. The number of carbonyl (C=O) groups is 1. The lowest BCUT2D eigenvalue weighted by Gasteiger charge is -2.13. The molecule has 1 atom stereocenters. The molecule has 0 radical (unpaired) electrons. The second kappa shape index (κ2) is 6.52. The molecule has 2 heterocycles. The molecule has 1 amide bonds. The number of rotatable bonds is 3. The molecular weight excluding hydrogens is 328 g/mol. The largest absolute Gasteiger partial charge is 0.438 e. The van der Waals surface area contributed by atoms with Gasteiger partial charge in [-0.2, -0.15) is 5.26 Å². The first-order valence-electron chi connectivity index (χ1n) is 8.59. The predicted molar refractivity (Wildman–Crippen MR) is 97.1 cm³/mol. The van der Waals surface area contributed by atoms with Crippen molar-refractivity contribution < 1.29 is 9.21 Å². The quantitative estimate of drug-likeness (QED) is 0.734. The van der Waals surface area contributed by atoms with E-state index in [9.17, 15) is 10.1 Å². The first-order valence-corrected chi connectivity index (χ1v) is 8.59. The highest BCUT2D eigenvalue weighted by molar-refractivity contribution is 6.06. The van der Waals surface area contributed by atoms with Crippen LogP contribution in [0.3, 0.4) is 0 Å². The van der Waals surface area contributed by atoms with Crippen molar-refractivity contribution in [3.05, 3.63) is 53.9 Å². The number of nitriles is 1. The Morgan fingerprint density at radius 1 is 1.31 bits per heavy atom. The number of fused-ring (bicyclic) bond motifs is 1. The number of nitrogens with one attached hydrogen (secondary N) is 1. The van der Waals surface area contributed by atoms with Crippen LogP contribution in [0.2, 0.25) is 0 Å². The van der Waals surface area contributed by atoms with E-state index in [0.717, 1.165) is 24.0 Å². The monoisotopic (exact) mass is 346 g/mol. The van der Waals surface area contributed by atoms with Gasteiger partial charge in [0.2, 0.25) is 5.89 Å². The second-order valence-electron chi connectivity index (χ2n) is 6.32. The average molecular weight is 346 g/mol. The molecule has 4 rings (SSSR count). The molecule has 2 aromatic carbocycles.